The van der Waals surface area contributed by atoms with E-state index in [1.807, 2.05) is 6.92 Å². The van der Waals surface area contributed by atoms with E-state index in [1.165, 1.54) is 0 Å². The second kappa shape index (κ2) is 9.97. The van der Waals surface area contributed by atoms with Gasteiger partial charge in [0.15, 0.2) is 5.96 Å². The molecule has 0 atom stereocenters. The van der Waals surface area contributed by atoms with Gasteiger partial charge in [0.1, 0.15) is 0 Å². The molecule has 0 aliphatic carbocycles. The highest BCUT2D eigenvalue weighted by molar-refractivity contribution is 5.79. The molecule has 1 rings (SSSR count). The topological polar surface area (TPSA) is 58.1 Å². The zero-order valence-electron chi connectivity index (χ0n) is 14.1. The van der Waals surface area contributed by atoms with Gasteiger partial charge in [0.05, 0.1) is 13.2 Å². The number of nitrogens with one attached hydrogen (secondary N) is 2. The number of guanidine groups is 1. The van der Waals surface area contributed by atoms with E-state index in [2.05, 4.69) is 34.4 Å². The first-order valence-corrected chi connectivity index (χ1v) is 7.95. The first-order valence-electron chi connectivity index (χ1n) is 7.95. The van der Waals surface area contributed by atoms with Crippen LogP contribution in [0, 0.1) is 0 Å². The third-order valence-corrected chi connectivity index (χ3v) is 3.74. The molecule has 0 unspecified atom stereocenters. The predicted molar refractivity (Wildman–Crippen MR) is 86.9 cm³/mol. The summed E-state index contributed by atoms with van der Waals surface area (Å²) in [6.45, 7) is 13.5. The van der Waals surface area contributed by atoms with Crippen LogP contribution in [-0.2, 0) is 9.47 Å². The van der Waals surface area contributed by atoms with Crippen molar-refractivity contribution in [3.63, 3.8) is 0 Å². The Morgan fingerprint density at radius 2 is 2.00 bits per heavy atom. The van der Waals surface area contributed by atoms with Crippen LogP contribution < -0.4 is 10.6 Å². The molecule has 1 aliphatic rings. The van der Waals surface area contributed by atoms with Crippen LogP contribution in [0.15, 0.2) is 4.99 Å². The Morgan fingerprint density at radius 3 is 2.62 bits per heavy atom. The van der Waals surface area contributed by atoms with Crippen LogP contribution in [0.2, 0.25) is 0 Å². The normalized spacial score (nSPS) is 17.8. The summed E-state index contributed by atoms with van der Waals surface area (Å²) in [6, 6.07) is 0. The van der Waals surface area contributed by atoms with Crippen LogP contribution in [-0.4, -0.2) is 76.1 Å². The predicted octanol–water partition coefficient (Wildman–Crippen LogP) is 0.689. The van der Waals surface area contributed by atoms with Crippen molar-refractivity contribution < 1.29 is 9.47 Å². The number of rotatable bonds is 8. The molecule has 0 spiro atoms. The molecule has 1 aliphatic heterocycles. The van der Waals surface area contributed by atoms with Gasteiger partial charge in [0, 0.05) is 52.0 Å². The summed E-state index contributed by atoms with van der Waals surface area (Å²) in [5, 5.41) is 6.73. The van der Waals surface area contributed by atoms with Crippen molar-refractivity contribution >= 4 is 5.96 Å². The Labute approximate surface area is 129 Å². The molecule has 0 bridgehead atoms. The zero-order chi connectivity index (χ0) is 15.6. The molecule has 0 aromatic carbocycles. The van der Waals surface area contributed by atoms with Crippen LogP contribution >= 0.6 is 0 Å². The summed E-state index contributed by atoms with van der Waals surface area (Å²) in [5.41, 5.74) is 0.0900. The second-order valence-electron chi connectivity index (χ2n) is 5.81. The highest BCUT2D eigenvalue weighted by Crippen LogP contribution is 2.14. The zero-order valence-corrected chi connectivity index (χ0v) is 14.1. The number of hydrogen-bond donors (Lipinski definition) is 2. The fourth-order valence-electron chi connectivity index (χ4n) is 2.33. The van der Waals surface area contributed by atoms with Gasteiger partial charge >= 0.3 is 0 Å². The highest BCUT2D eigenvalue weighted by Gasteiger charge is 2.28. The smallest absolute Gasteiger partial charge is 0.191 e. The van der Waals surface area contributed by atoms with Crippen LogP contribution in [0.4, 0.5) is 0 Å². The van der Waals surface area contributed by atoms with Crippen molar-refractivity contribution in [1.82, 2.24) is 15.5 Å². The Hall–Kier alpha value is -0.850. The average molecular weight is 300 g/mol. The van der Waals surface area contributed by atoms with Crippen molar-refractivity contribution in [3.8, 4) is 0 Å². The van der Waals surface area contributed by atoms with Crippen LogP contribution in [0.5, 0.6) is 0 Å². The van der Waals surface area contributed by atoms with Gasteiger partial charge in [-0.15, -0.1) is 0 Å². The maximum absolute atomic E-state index is 5.42. The summed E-state index contributed by atoms with van der Waals surface area (Å²) in [6.07, 6.45) is 0.987. The van der Waals surface area contributed by atoms with E-state index in [4.69, 9.17) is 9.47 Å². The molecule has 124 valence electrons. The van der Waals surface area contributed by atoms with Gasteiger partial charge in [0.25, 0.3) is 0 Å². The van der Waals surface area contributed by atoms with Gasteiger partial charge in [-0.3, -0.25) is 9.89 Å². The SMILES string of the molecule is CCOCCCNC(=NC)NCC(C)(C)N1CCOCC1. The van der Waals surface area contributed by atoms with Gasteiger partial charge < -0.3 is 20.1 Å². The lowest BCUT2D eigenvalue weighted by molar-refractivity contribution is -0.00834. The summed E-state index contributed by atoms with van der Waals surface area (Å²) in [4.78, 5) is 6.73. The lowest BCUT2D eigenvalue weighted by Crippen LogP contribution is -2.56. The van der Waals surface area contributed by atoms with E-state index >= 15 is 0 Å². The Morgan fingerprint density at radius 1 is 1.29 bits per heavy atom. The molecular formula is C15H32N4O2. The number of aliphatic imine (C=N–C) groups is 1. The molecule has 2 N–H and O–H groups in total. The van der Waals surface area contributed by atoms with Crippen molar-refractivity contribution in [2.24, 2.45) is 4.99 Å². The summed E-state index contributed by atoms with van der Waals surface area (Å²) in [7, 11) is 1.81. The molecule has 0 aromatic rings. The molecule has 0 radical (unpaired) electrons. The van der Waals surface area contributed by atoms with Crippen LogP contribution in [0.25, 0.3) is 0 Å². The van der Waals surface area contributed by atoms with Gasteiger partial charge in [-0.05, 0) is 27.2 Å². The third kappa shape index (κ3) is 7.11. The standard InChI is InChI=1S/C15H32N4O2/c1-5-20-10-6-7-17-14(16-4)18-13-15(2,3)19-8-11-21-12-9-19/h5-13H2,1-4H3,(H2,16,17,18). The minimum atomic E-state index is 0.0900. The van der Waals surface area contributed by atoms with Crippen molar-refractivity contribution in [2.75, 3.05) is 59.7 Å². The maximum atomic E-state index is 5.42. The Kier molecular flexibility index (Phi) is 8.64. The van der Waals surface area contributed by atoms with Gasteiger partial charge in [-0.25, -0.2) is 0 Å². The molecule has 1 heterocycles. The summed E-state index contributed by atoms with van der Waals surface area (Å²) < 4.78 is 10.7. The molecule has 0 aromatic heterocycles. The van der Waals surface area contributed by atoms with E-state index < -0.39 is 0 Å². The summed E-state index contributed by atoms with van der Waals surface area (Å²) in [5.74, 6) is 0.854. The molecular weight excluding hydrogens is 268 g/mol. The van der Waals surface area contributed by atoms with E-state index in [0.29, 0.717) is 0 Å². The monoisotopic (exact) mass is 300 g/mol. The largest absolute Gasteiger partial charge is 0.382 e. The van der Waals surface area contributed by atoms with E-state index in [-0.39, 0.29) is 5.54 Å². The third-order valence-electron chi connectivity index (χ3n) is 3.74. The number of ether oxygens (including phenoxy) is 2. The lowest BCUT2D eigenvalue weighted by atomic mass is 10.0. The van der Waals surface area contributed by atoms with Crippen molar-refractivity contribution in [2.45, 2.75) is 32.7 Å². The quantitative estimate of drug-likeness (QED) is 0.392. The van der Waals surface area contributed by atoms with E-state index in [9.17, 15) is 0 Å². The second-order valence-corrected chi connectivity index (χ2v) is 5.81. The molecule has 21 heavy (non-hydrogen) atoms. The van der Waals surface area contributed by atoms with Crippen LogP contribution in [0.3, 0.4) is 0 Å². The van der Waals surface area contributed by atoms with E-state index in [1.54, 1.807) is 7.05 Å². The minimum absolute atomic E-state index is 0.0900. The van der Waals surface area contributed by atoms with Gasteiger partial charge in [-0.1, -0.05) is 0 Å². The van der Waals surface area contributed by atoms with Crippen molar-refractivity contribution in [3.05, 3.63) is 0 Å². The first kappa shape index (κ1) is 18.2. The number of hydrogen-bond acceptors (Lipinski definition) is 4. The Balaban J connectivity index is 2.26. The fraction of sp³-hybridized carbons (Fsp3) is 0.933. The minimum Gasteiger partial charge on any atom is -0.382 e. The lowest BCUT2D eigenvalue weighted by Gasteiger charge is -2.41. The van der Waals surface area contributed by atoms with Crippen LogP contribution in [0.1, 0.15) is 27.2 Å². The Bertz CT molecular complexity index is 302. The molecule has 1 fully saturated rings. The fourth-order valence-corrected chi connectivity index (χ4v) is 2.33. The molecule has 0 saturated carbocycles. The maximum Gasteiger partial charge on any atom is 0.191 e. The molecule has 1 saturated heterocycles. The molecule has 0 amide bonds. The highest BCUT2D eigenvalue weighted by atomic mass is 16.5. The molecule has 6 nitrogen and oxygen atoms in total. The molecule has 6 heteroatoms. The van der Waals surface area contributed by atoms with Gasteiger partial charge in [0.2, 0.25) is 0 Å². The first-order chi connectivity index (χ1) is 10.1. The average Bonchev–Trinajstić information content (AvgIpc) is 2.51. The van der Waals surface area contributed by atoms with Crippen molar-refractivity contribution in [1.29, 1.82) is 0 Å². The van der Waals surface area contributed by atoms with E-state index in [0.717, 1.165) is 65.0 Å². The number of morpholine rings is 1. The van der Waals surface area contributed by atoms with Gasteiger partial charge in [-0.2, -0.15) is 0 Å². The number of nitrogens with zero attached hydrogens (tertiary/aromatic N) is 2. The summed E-state index contributed by atoms with van der Waals surface area (Å²) >= 11 is 0.